The van der Waals surface area contributed by atoms with Crippen LogP contribution in [0.4, 0.5) is 11.4 Å². The topological polar surface area (TPSA) is 32.5 Å². The van der Waals surface area contributed by atoms with E-state index in [4.69, 9.17) is 28.9 Å². The van der Waals surface area contributed by atoms with Gasteiger partial charge in [-0.1, -0.05) is 23.2 Å². The second-order valence-corrected chi connectivity index (χ2v) is 4.94. The van der Waals surface area contributed by atoms with E-state index in [0.717, 1.165) is 31.9 Å². The van der Waals surface area contributed by atoms with Crippen molar-refractivity contribution in [3.8, 4) is 0 Å². The minimum absolute atomic E-state index is 0. The molecule has 2 rings (SSSR count). The number of nitrogens with two attached hydrogens (primary N) is 1. The number of hydrogen-bond donors (Lipinski definition) is 1. The zero-order valence-electron chi connectivity index (χ0n) is 9.62. The van der Waals surface area contributed by atoms with E-state index in [9.17, 15) is 0 Å². The summed E-state index contributed by atoms with van der Waals surface area (Å²) in [6.45, 7) is 3.94. The van der Waals surface area contributed by atoms with Crippen molar-refractivity contribution >= 4 is 47.0 Å². The lowest BCUT2D eigenvalue weighted by molar-refractivity contribution is 0.313. The summed E-state index contributed by atoms with van der Waals surface area (Å²) in [7, 11) is 2.11. The highest BCUT2D eigenvalue weighted by Gasteiger charge is 2.19. The maximum absolute atomic E-state index is 6.18. The average Bonchev–Trinajstić information content (AvgIpc) is 2.19. The van der Waals surface area contributed by atoms with Crippen LogP contribution in [-0.4, -0.2) is 38.1 Å². The molecule has 1 aromatic carbocycles. The van der Waals surface area contributed by atoms with E-state index in [1.807, 2.05) is 0 Å². The molecule has 17 heavy (non-hydrogen) atoms. The summed E-state index contributed by atoms with van der Waals surface area (Å²) in [6, 6.07) is 3.50. The molecule has 96 valence electrons. The number of likely N-dealkylation sites (N-methyl/N-ethyl adjacent to an activating group) is 1. The SMILES string of the molecule is CN1CCN(c2c(Cl)cc(N)cc2Cl)CC1.Cl. The molecule has 1 saturated heterocycles. The molecular weight excluding hydrogens is 281 g/mol. The summed E-state index contributed by atoms with van der Waals surface area (Å²) in [6.07, 6.45) is 0. The zero-order chi connectivity index (χ0) is 11.7. The van der Waals surface area contributed by atoms with Crippen molar-refractivity contribution in [3.05, 3.63) is 22.2 Å². The second kappa shape index (κ2) is 6.01. The van der Waals surface area contributed by atoms with Gasteiger partial charge in [-0.05, 0) is 19.2 Å². The van der Waals surface area contributed by atoms with Gasteiger partial charge < -0.3 is 15.5 Å². The Balaban J connectivity index is 0.00000144. The number of hydrogen-bond acceptors (Lipinski definition) is 3. The van der Waals surface area contributed by atoms with E-state index in [2.05, 4.69) is 16.8 Å². The van der Waals surface area contributed by atoms with Crippen LogP contribution >= 0.6 is 35.6 Å². The summed E-state index contributed by atoms with van der Waals surface area (Å²) >= 11 is 12.4. The summed E-state index contributed by atoms with van der Waals surface area (Å²) in [5.41, 5.74) is 7.20. The fourth-order valence-corrected chi connectivity index (χ4v) is 2.66. The van der Waals surface area contributed by atoms with E-state index in [1.54, 1.807) is 12.1 Å². The van der Waals surface area contributed by atoms with E-state index >= 15 is 0 Å². The van der Waals surface area contributed by atoms with Gasteiger partial charge in [0.05, 0.1) is 15.7 Å². The highest BCUT2D eigenvalue weighted by Crippen LogP contribution is 2.36. The third-order valence-corrected chi connectivity index (χ3v) is 3.43. The van der Waals surface area contributed by atoms with Crippen molar-refractivity contribution in [2.45, 2.75) is 0 Å². The molecule has 1 heterocycles. The van der Waals surface area contributed by atoms with Crippen molar-refractivity contribution in [1.82, 2.24) is 4.90 Å². The molecule has 2 N–H and O–H groups in total. The Morgan fingerprint density at radius 1 is 1.06 bits per heavy atom. The molecule has 6 heteroatoms. The molecule has 0 bridgehead atoms. The first-order valence-corrected chi connectivity index (χ1v) is 6.01. The first kappa shape index (κ1) is 14.7. The van der Waals surface area contributed by atoms with Crippen LogP contribution in [0.25, 0.3) is 0 Å². The molecular formula is C11H16Cl3N3. The molecule has 1 aliphatic heterocycles. The van der Waals surface area contributed by atoms with Gasteiger partial charge in [0, 0.05) is 31.9 Å². The van der Waals surface area contributed by atoms with Gasteiger partial charge in [0.15, 0.2) is 0 Å². The smallest absolute Gasteiger partial charge is 0.0747 e. The van der Waals surface area contributed by atoms with Gasteiger partial charge in [-0.25, -0.2) is 0 Å². The van der Waals surface area contributed by atoms with Gasteiger partial charge in [-0.15, -0.1) is 12.4 Å². The Hall–Kier alpha value is -0.350. The fraction of sp³-hybridized carbons (Fsp3) is 0.455. The van der Waals surface area contributed by atoms with E-state index < -0.39 is 0 Å². The number of halogens is 3. The molecule has 0 amide bonds. The van der Waals surface area contributed by atoms with Crippen LogP contribution in [0, 0.1) is 0 Å². The van der Waals surface area contributed by atoms with Crippen LogP contribution in [-0.2, 0) is 0 Å². The quantitative estimate of drug-likeness (QED) is 0.809. The number of nitrogens with zero attached hydrogens (tertiary/aromatic N) is 2. The van der Waals surface area contributed by atoms with Gasteiger partial charge in [0.2, 0.25) is 0 Å². The normalized spacial score (nSPS) is 16.8. The van der Waals surface area contributed by atoms with Crippen molar-refractivity contribution in [2.75, 3.05) is 43.9 Å². The van der Waals surface area contributed by atoms with Crippen LogP contribution in [0.2, 0.25) is 10.0 Å². The molecule has 1 aliphatic rings. The minimum Gasteiger partial charge on any atom is -0.399 e. The minimum atomic E-state index is 0. The molecule has 0 unspecified atom stereocenters. The maximum atomic E-state index is 6.18. The molecule has 0 radical (unpaired) electrons. The van der Waals surface area contributed by atoms with Gasteiger partial charge in [-0.2, -0.15) is 0 Å². The Bertz CT molecular complexity index is 367. The zero-order valence-corrected chi connectivity index (χ0v) is 11.9. The van der Waals surface area contributed by atoms with E-state index in [1.165, 1.54) is 0 Å². The lowest BCUT2D eigenvalue weighted by Crippen LogP contribution is -2.44. The summed E-state index contributed by atoms with van der Waals surface area (Å²) in [5.74, 6) is 0. The first-order valence-electron chi connectivity index (χ1n) is 5.26. The summed E-state index contributed by atoms with van der Waals surface area (Å²) in [4.78, 5) is 4.50. The molecule has 0 aromatic heterocycles. The summed E-state index contributed by atoms with van der Waals surface area (Å²) in [5, 5.41) is 1.27. The van der Waals surface area contributed by atoms with Crippen LogP contribution in [0.1, 0.15) is 0 Å². The van der Waals surface area contributed by atoms with Crippen LogP contribution < -0.4 is 10.6 Å². The number of benzene rings is 1. The molecule has 1 fully saturated rings. The first-order chi connectivity index (χ1) is 7.58. The highest BCUT2D eigenvalue weighted by molar-refractivity contribution is 6.39. The largest absolute Gasteiger partial charge is 0.399 e. The predicted molar refractivity (Wildman–Crippen MR) is 77.8 cm³/mol. The molecule has 1 aromatic rings. The van der Waals surface area contributed by atoms with E-state index in [0.29, 0.717) is 15.7 Å². The molecule has 0 atom stereocenters. The maximum Gasteiger partial charge on any atom is 0.0747 e. The molecule has 0 aliphatic carbocycles. The number of rotatable bonds is 1. The number of piperazine rings is 1. The second-order valence-electron chi connectivity index (χ2n) is 4.12. The van der Waals surface area contributed by atoms with Crippen molar-refractivity contribution in [1.29, 1.82) is 0 Å². The third-order valence-electron chi connectivity index (χ3n) is 2.86. The Morgan fingerprint density at radius 3 is 2.00 bits per heavy atom. The number of nitrogen functional groups attached to an aromatic ring is 1. The van der Waals surface area contributed by atoms with Gasteiger partial charge in [-0.3, -0.25) is 0 Å². The van der Waals surface area contributed by atoms with Crippen molar-refractivity contribution < 1.29 is 0 Å². The monoisotopic (exact) mass is 295 g/mol. The van der Waals surface area contributed by atoms with Crippen molar-refractivity contribution in [3.63, 3.8) is 0 Å². The lowest BCUT2D eigenvalue weighted by Gasteiger charge is -2.35. The Labute approximate surface area is 118 Å². The predicted octanol–water partition coefficient (Wildman–Crippen LogP) is 2.75. The lowest BCUT2D eigenvalue weighted by atomic mass is 10.2. The standard InChI is InChI=1S/C11H15Cl2N3.ClH/c1-15-2-4-16(5-3-15)11-9(12)6-8(14)7-10(11)13;/h6-7H,2-5,14H2,1H3;1H. The Kier molecular flexibility index (Phi) is 5.20. The molecule has 0 saturated carbocycles. The van der Waals surface area contributed by atoms with Gasteiger partial charge in [0.25, 0.3) is 0 Å². The highest BCUT2D eigenvalue weighted by atomic mass is 35.5. The Morgan fingerprint density at radius 2 is 1.53 bits per heavy atom. The number of anilines is 2. The van der Waals surface area contributed by atoms with E-state index in [-0.39, 0.29) is 12.4 Å². The van der Waals surface area contributed by atoms with Crippen molar-refractivity contribution in [2.24, 2.45) is 0 Å². The molecule has 3 nitrogen and oxygen atoms in total. The van der Waals surface area contributed by atoms with Crippen LogP contribution in [0.15, 0.2) is 12.1 Å². The molecule has 0 spiro atoms. The third kappa shape index (κ3) is 3.32. The summed E-state index contributed by atoms with van der Waals surface area (Å²) < 4.78 is 0. The van der Waals surface area contributed by atoms with Crippen LogP contribution in [0.3, 0.4) is 0 Å². The fourth-order valence-electron chi connectivity index (χ4n) is 1.92. The van der Waals surface area contributed by atoms with Gasteiger partial charge >= 0.3 is 0 Å². The average molecular weight is 297 g/mol. The van der Waals surface area contributed by atoms with Crippen LogP contribution in [0.5, 0.6) is 0 Å². The van der Waals surface area contributed by atoms with Gasteiger partial charge in [0.1, 0.15) is 0 Å².